The summed E-state index contributed by atoms with van der Waals surface area (Å²) in [7, 11) is 0. The van der Waals surface area contributed by atoms with Crippen molar-refractivity contribution in [1.29, 1.82) is 0 Å². The smallest absolute Gasteiger partial charge is 0.261 e. The lowest BCUT2D eigenvalue weighted by atomic mass is 9.77. The minimum Gasteiger partial charge on any atom is -0.286 e. The van der Waals surface area contributed by atoms with Crippen molar-refractivity contribution >= 4 is 29.1 Å². The van der Waals surface area contributed by atoms with Crippen LogP contribution in [-0.4, -0.2) is 34.0 Å². The van der Waals surface area contributed by atoms with E-state index in [2.05, 4.69) is 32.7 Å². The van der Waals surface area contributed by atoms with Crippen molar-refractivity contribution in [2.45, 2.75) is 65.8 Å². The first-order valence-electron chi connectivity index (χ1n) is 11.4. The molecule has 2 amide bonds. The molecule has 0 fully saturated rings. The van der Waals surface area contributed by atoms with Crippen LogP contribution in [0.25, 0.3) is 0 Å². The molecule has 2 atom stereocenters. The highest BCUT2D eigenvalue weighted by molar-refractivity contribution is 6.29. The van der Waals surface area contributed by atoms with Crippen LogP contribution in [-0.2, 0) is 0 Å². The molecule has 0 radical (unpaired) electrons. The average molecular weight is 454 g/mol. The third-order valence-corrected chi connectivity index (χ3v) is 6.76. The van der Waals surface area contributed by atoms with E-state index in [1.165, 1.54) is 4.90 Å². The van der Waals surface area contributed by atoms with Gasteiger partial charge in [-0.1, -0.05) is 56.5 Å². The molecule has 0 saturated heterocycles. The van der Waals surface area contributed by atoms with E-state index in [9.17, 15) is 9.59 Å². The van der Waals surface area contributed by atoms with Gasteiger partial charge in [-0.3, -0.25) is 19.5 Å². The molecule has 3 rings (SSSR count). The maximum atomic E-state index is 12.6. The molecule has 1 aromatic heterocycles. The molecule has 2 unspecified atom stereocenters. The molecule has 0 saturated carbocycles. The first-order valence-corrected chi connectivity index (χ1v) is 11.8. The van der Waals surface area contributed by atoms with Crippen LogP contribution in [0.15, 0.2) is 47.6 Å². The second kappa shape index (κ2) is 10.4. The largest absolute Gasteiger partial charge is 0.286 e. The number of rotatable bonds is 10. The summed E-state index contributed by atoms with van der Waals surface area (Å²) in [6, 6.07) is 10.8. The zero-order valence-electron chi connectivity index (χ0n) is 19.4. The predicted octanol–water partition coefficient (Wildman–Crippen LogP) is 6.53. The number of benzene rings is 1. The Balaban J connectivity index is 1.60. The monoisotopic (exact) mass is 453 g/mol. The second-order valence-corrected chi connectivity index (χ2v) is 9.27. The molecule has 0 bridgehead atoms. The van der Waals surface area contributed by atoms with E-state index in [0.717, 1.165) is 43.4 Å². The van der Waals surface area contributed by atoms with Crippen molar-refractivity contribution in [3.05, 3.63) is 64.4 Å². The van der Waals surface area contributed by atoms with Crippen LogP contribution in [0.1, 0.15) is 92.1 Å². The lowest BCUT2D eigenvalue weighted by Crippen LogP contribution is -2.31. The van der Waals surface area contributed by atoms with Gasteiger partial charge in [0.05, 0.1) is 17.2 Å². The number of carbonyl (C=O) groups excluding carboxylic acids is 2. The zero-order valence-corrected chi connectivity index (χ0v) is 20.2. The molecule has 0 N–H and O–H groups in total. The number of halogens is 1. The fourth-order valence-electron chi connectivity index (χ4n) is 4.42. The molecular weight excluding hydrogens is 422 g/mol. The fraction of sp³-hybridized carbons (Fsp3) is 0.462. The summed E-state index contributed by atoms with van der Waals surface area (Å²) in [4.78, 5) is 35.7. The number of hydrogen-bond donors (Lipinski definition) is 0. The Bertz CT molecular complexity index is 967. The third-order valence-electron chi connectivity index (χ3n) is 6.53. The number of carbonyl (C=O) groups is 2. The average Bonchev–Trinajstić information content (AvgIpc) is 3.02. The van der Waals surface area contributed by atoms with Gasteiger partial charge >= 0.3 is 0 Å². The number of aromatic nitrogens is 1. The second-order valence-electron chi connectivity index (χ2n) is 8.88. The quantitative estimate of drug-likeness (QED) is 0.178. The zero-order chi connectivity index (χ0) is 23.3. The molecule has 0 spiro atoms. The van der Waals surface area contributed by atoms with Crippen LogP contribution < -0.4 is 0 Å². The first kappa shape index (κ1) is 24.1. The number of amides is 2. The Kier molecular flexibility index (Phi) is 7.83. The van der Waals surface area contributed by atoms with E-state index in [1.54, 1.807) is 36.5 Å². The van der Waals surface area contributed by atoms with Gasteiger partial charge in [0, 0.05) is 23.9 Å². The highest BCUT2D eigenvalue weighted by Crippen LogP contribution is 2.34. The molecule has 2 heterocycles. The molecule has 32 heavy (non-hydrogen) atoms. The highest BCUT2D eigenvalue weighted by Gasteiger charge is 2.34. The molecule has 1 aliphatic rings. The third kappa shape index (κ3) is 5.26. The molecule has 0 aliphatic carbocycles. The summed E-state index contributed by atoms with van der Waals surface area (Å²) >= 11 is 5.91. The van der Waals surface area contributed by atoms with Crippen LogP contribution in [0.3, 0.4) is 0 Å². The molecule has 2 aromatic rings. The molecular formula is C26H32ClN3O2. The van der Waals surface area contributed by atoms with Gasteiger partial charge in [-0.25, -0.2) is 4.98 Å². The van der Waals surface area contributed by atoms with E-state index < -0.39 is 0 Å². The minimum atomic E-state index is -0.176. The molecule has 1 aromatic carbocycles. The summed E-state index contributed by atoms with van der Waals surface area (Å²) in [5, 5.41) is 0.482. The summed E-state index contributed by atoms with van der Waals surface area (Å²) in [5.74, 6) is -0.352. The number of nitrogens with zero attached hydrogens (tertiary/aromatic N) is 3. The highest BCUT2D eigenvalue weighted by atomic mass is 35.5. The van der Waals surface area contributed by atoms with Crippen molar-refractivity contribution < 1.29 is 9.59 Å². The Morgan fingerprint density at radius 3 is 2.31 bits per heavy atom. The maximum absolute atomic E-state index is 12.6. The number of hydrogen-bond acceptors (Lipinski definition) is 4. The molecule has 170 valence electrons. The first-order chi connectivity index (χ1) is 15.3. The van der Waals surface area contributed by atoms with Crippen molar-refractivity contribution in [2.75, 3.05) is 6.54 Å². The van der Waals surface area contributed by atoms with Gasteiger partial charge in [0.25, 0.3) is 11.8 Å². The molecule has 1 aliphatic heterocycles. The number of imide groups is 1. The van der Waals surface area contributed by atoms with E-state index in [0.29, 0.717) is 22.8 Å². The van der Waals surface area contributed by atoms with E-state index >= 15 is 0 Å². The van der Waals surface area contributed by atoms with Crippen molar-refractivity contribution in [3.8, 4) is 0 Å². The van der Waals surface area contributed by atoms with Crippen LogP contribution in [0.4, 0.5) is 0 Å². The van der Waals surface area contributed by atoms with Gasteiger partial charge in [0.15, 0.2) is 0 Å². The van der Waals surface area contributed by atoms with Gasteiger partial charge in [0.1, 0.15) is 5.15 Å². The fourth-order valence-corrected chi connectivity index (χ4v) is 4.53. The lowest BCUT2D eigenvalue weighted by molar-refractivity contribution is 0.0650. The lowest BCUT2D eigenvalue weighted by Gasteiger charge is -2.31. The molecule has 5 nitrogen and oxygen atoms in total. The number of pyridine rings is 1. The summed E-state index contributed by atoms with van der Waals surface area (Å²) in [6.45, 7) is 9.10. The van der Waals surface area contributed by atoms with E-state index in [-0.39, 0.29) is 23.3 Å². The summed E-state index contributed by atoms with van der Waals surface area (Å²) in [5.41, 5.74) is 3.18. The summed E-state index contributed by atoms with van der Waals surface area (Å²) < 4.78 is 0. The number of fused-ring (bicyclic) bond motifs is 1. The van der Waals surface area contributed by atoms with Crippen LogP contribution >= 0.6 is 11.6 Å². The van der Waals surface area contributed by atoms with Crippen LogP contribution in [0.2, 0.25) is 5.15 Å². The van der Waals surface area contributed by atoms with Crippen LogP contribution in [0, 0.1) is 5.41 Å². The normalized spacial score (nSPS) is 16.8. The van der Waals surface area contributed by atoms with E-state index in [4.69, 9.17) is 16.6 Å². The van der Waals surface area contributed by atoms with Crippen LogP contribution in [0.5, 0.6) is 0 Å². The Hall–Kier alpha value is -2.53. The number of aliphatic imine (C=N–C) groups is 1. The SMILES string of the molecule is CCCC(C)(CCCCN1C(=O)c2ccccc2C1=O)C(C)=NC(C)c1ccc(Cl)nc1. The minimum absolute atomic E-state index is 0.00861. The standard InChI is InChI=1S/C26H32ClN3O2/c1-5-14-26(4,19(3)29-18(2)20-12-13-23(27)28-17-20)15-8-9-16-30-24(31)21-10-6-7-11-22(21)25(30)32/h6-7,10-13,17-18H,5,8-9,14-16H2,1-4H3. The van der Waals surface area contributed by atoms with Gasteiger partial charge in [-0.05, 0) is 56.9 Å². The summed E-state index contributed by atoms with van der Waals surface area (Å²) in [6.07, 6.45) is 6.57. The van der Waals surface area contributed by atoms with Gasteiger partial charge < -0.3 is 0 Å². The Morgan fingerprint density at radius 2 is 1.75 bits per heavy atom. The van der Waals surface area contributed by atoms with Crippen molar-refractivity contribution in [2.24, 2.45) is 10.4 Å². The Morgan fingerprint density at radius 1 is 1.09 bits per heavy atom. The number of unbranched alkanes of at least 4 members (excludes halogenated alkanes) is 1. The Labute approximate surface area is 195 Å². The van der Waals surface area contributed by atoms with Gasteiger partial charge in [-0.15, -0.1) is 0 Å². The van der Waals surface area contributed by atoms with Gasteiger partial charge in [-0.2, -0.15) is 0 Å². The topological polar surface area (TPSA) is 62.6 Å². The predicted molar refractivity (Wildman–Crippen MR) is 129 cm³/mol. The van der Waals surface area contributed by atoms with E-state index in [1.807, 2.05) is 6.07 Å². The molecule has 6 heteroatoms. The van der Waals surface area contributed by atoms with Gasteiger partial charge in [0.2, 0.25) is 0 Å². The van der Waals surface area contributed by atoms with Crippen molar-refractivity contribution in [3.63, 3.8) is 0 Å². The maximum Gasteiger partial charge on any atom is 0.261 e. The van der Waals surface area contributed by atoms with Crippen molar-refractivity contribution in [1.82, 2.24) is 9.88 Å².